The molecule has 0 radical (unpaired) electrons. The lowest BCUT2D eigenvalue weighted by Crippen LogP contribution is -2.25. The molecule has 3 aliphatic carbocycles. The summed E-state index contributed by atoms with van der Waals surface area (Å²) in [5, 5.41) is 4.07. The number of hydrogen-bond acceptors (Lipinski definition) is 3. The molecular weight excluding hydrogens is 246 g/mol. The highest BCUT2D eigenvalue weighted by Gasteiger charge is 2.47. The molecule has 1 N–H and O–H groups in total. The summed E-state index contributed by atoms with van der Waals surface area (Å²) in [5.41, 5.74) is 1.69. The van der Waals surface area contributed by atoms with E-state index in [1.54, 1.807) is 5.57 Å². The maximum Gasteiger partial charge on any atom is 0.134 e. The number of nitrogens with zero attached hydrogens (tertiary/aromatic N) is 2. The van der Waals surface area contributed by atoms with Crippen LogP contribution in [0.15, 0.2) is 24.0 Å². The zero-order valence-electron chi connectivity index (χ0n) is 10.1. The molecule has 0 aliphatic heterocycles. The molecule has 4 unspecified atom stereocenters. The van der Waals surface area contributed by atoms with Crippen molar-refractivity contribution in [2.75, 3.05) is 5.32 Å². The molecule has 2 saturated carbocycles. The van der Waals surface area contributed by atoms with Crippen molar-refractivity contribution in [3.63, 3.8) is 0 Å². The lowest BCUT2D eigenvalue weighted by Gasteiger charge is -2.21. The van der Waals surface area contributed by atoms with Gasteiger partial charge in [-0.3, -0.25) is 0 Å². The average Bonchev–Trinajstić information content (AvgIpc) is 2.84. The van der Waals surface area contributed by atoms with Gasteiger partial charge in [0.15, 0.2) is 0 Å². The molecule has 1 aromatic heterocycles. The molecule has 0 aromatic carbocycles. The topological polar surface area (TPSA) is 37.8 Å². The number of fused-ring (bicyclic) bond motifs is 1. The largest absolute Gasteiger partial charge is 0.367 e. The highest BCUT2D eigenvalue weighted by molar-refractivity contribution is 6.29. The van der Waals surface area contributed by atoms with Crippen LogP contribution in [0.4, 0.5) is 5.82 Å². The molecule has 3 nitrogen and oxygen atoms in total. The number of anilines is 1. The molecule has 4 atom stereocenters. The predicted molar refractivity (Wildman–Crippen MR) is 71.5 cm³/mol. The van der Waals surface area contributed by atoms with Gasteiger partial charge in [-0.1, -0.05) is 23.3 Å². The van der Waals surface area contributed by atoms with Crippen LogP contribution in [-0.2, 0) is 0 Å². The molecule has 0 amide bonds. The molecule has 0 saturated heterocycles. The van der Waals surface area contributed by atoms with E-state index in [9.17, 15) is 0 Å². The van der Waals surface area contributed by atoms with Crippen molar-refractivity contribution in [2.45, 2.75) is 31.7 Å². The Balaban J connectivity index is 1.57. The molecule has 3 aliphatic rings. The number of rotatable bonds is 2. The first kappa shape index (κ1) is 10.8. The van der Waals surface area contributed by atoms with Gasteiger partial charge >= 0.3 is 0 Å². The van der Waals surface area contributed by atoms with E-state index in [0.29, 0.717) is 11.2 Å². The van der Waals surface area contributed by atoms with Crippen molar-refractivity contribution in [3.05, 3.63) is 29.2 Å². The minimum absolute atomic E-state index is 0.509. The van der Waals surface area contributed by atoms with Crippen LogP contribution in [0.2, 0.25) is 5.15 Å². The molecule has 94 valence electrons. The second-order valence-electron chi connectivity index (χ2n) is 5.80. The Bertz CT molecular complexity index is 514. The van der Waals surface area contributed by atoms with Crippen LogP contribution in [0.25, 0.3) is 0 Å². The van der Waals surface area contributed by atoms with Crippen molar-refractivity contribution in [1.29, 1.82) is 0 Å². The lowest BCUT2D eigenvalue weighted by molar-refractivity contribution is 0.446. The van der Waals surface area contributed by atoms with E-state index in [4.69, 9.17) is 11.6 Å². The first-order chi connectivity index (χ1) is 8.79. The predicted octanol–water partition coefficient (Wildman–Crippen LogP) is 3.29. The van der Waals surface area contributed by atoms with E-state index >= 15 is 0 Å². The van der Waals surface area contributed by atoms with Gasteiger partial charge in [0.25, 0.3) is 0 Å². The molecule has 1 heterocycles. The molecule has 2 bridgehead atoms. The van der Waals surface area contributed by atoms with Gasteiger partial charge in [0, 0.05) is 12.1 Å². The third kappa shape index (κ3) is 1.64. The van der Waals surface area contributed by atoms with Crippen LogP contribution < -0.4 is 5.32 Å². The zero-order chi connectivity index (χ0) is 12.1. The molecule has 0 spiro atoms. The van der Waals surface area contributed by atoms with E-state index < -0.39 is 0 Å². The quantitative estimate of drug-likeness (QED) is 0.656. The van der Waals surface area contributed by atoms with Crippen LogP contribution in [0.3, 0.4) is 0 Å². The Morgan fingerprint density at radius 2 is 2.22 bits per heavy atom. The molecule has 4 rings (SSSR count). The molecule has 18 heavy (non-hydrogen) atoms. The monoisotopic (exact) mass is 261 g/mol. The molecule has 2 fully saturated rings. The van der Waals surface area contributed by atoms with Crippen molar-refractivity contribution < 1.29 is 0 Å². The fraction of sp³-hybridized carbons (Fsp3) is 0.571. The van der Waals surface area contributed by atoms with Gasteiger partial charge in [0.2, 0.25) is 0 Å². The maximum absolute atomic E-state index is 5.90. The van der Waals surface area contributed by atoms with E-state index in [1.807, 2.05) is 6.07 Å². The second-order valence-corrected chi connectivity index (χ2v) is 6.19. The summed E-state index contributed by atoms with van der Waals surface area (Å²) in [7, 11) is 0. The van der Waals surface area contributed by atoms with Gasteiger partial charge in [-0.25, -0.2) is 9.97 Å². The average molecular weight is 262 g/mol. The summed E-state index contributed by atoms with van der Waals surface area (Å²) in [5.74, 6) is 3.45. The Morgan fingerprint density at radius 3 is 3.11 bits per heavy atom. The van der Waals surface area contributed by atoms with Crippen molar-refractivity contribution in [3.8, 4) is 0 Å². The first-order valence-electron chi connectivity index (χ1n) is 6.72. The van der Waals surface area contributed by atoms with E-state index in [1.165, 1.54) is 32.0 Å². The van der Waals surface area contributed by atoms with E-state index in [2.05, 4.69) is 21.4 Å². The summed E-state index contributed by atoms with van der Waals surface area (Å²) < 4.78 is 0. The Hall–Kier alpha value is -1.09. The molecule has 4 heteroatoms. The van der Waals surface area contributed by atoms with Crippen molar-refractivity contribution in [2.24, 2.45) is 17.8 Å². The van der Waals surface area contributed by atoms with Gasteiger partial charge in [0.05, 0.1) is 0 Å². The van der Waals surface area contributed by atoms with E-state index in [-0.39, 0.29) is 0 Å². The Kier molecular flexibility index (Phi) is 2.37. The third-order valence-corrected chi connectivity index (χ3v) is 5.05. The van der Waals surface area contributed by atoms with Gasteiger partial charge in [-0.2, -0.15) is 0 Å². The van der Waals surface area contributed by atoms with Gasteiger partial charge in [-0.15, -0.1) is 0 Å². The number of nitrogens with one attached hydrogen (secondary N) is 1. The van der Waals surface area contributed by atoms with Crippen molar-refractivity contribution >= 4 is 17.4 Å². The fourth-order valence-corrected chi connectivity index (χ4v) is 4.26. The zero-order valence-corrected chi connectivity index (χ0v) is 10.9. The minimum Gasteiger partial charge on any atom is -0.367 e. The van der Waals surface area contributed by atoms with Crippen LogP contribution in [-0.4, -0.2) is 16.0 Å². The summed E-state index contributed by atoms with van der Waals surface area (Å²) in [6.45, 7) is 0. The van der Waals surface area contributed by atoms with Crippen molar-refractivity contribution in [1.82, 2.24) is 9.97 Å². The molecule has 1 aromatic rings. The standard InChI is InChI=1S/C14H16ClN3/c15-13-6-14(17-7-16-13)18-12-5-9-2-1-8-3-10(9)11(12)4-8/h2,6-8,10-12H,1,3-5H2,(H,16,17,18). The number of hydrogen-bond donors (Lipinski definition) is 1. The number of aromatic nitrogens is 2. The number of allylic oxidation sites excluding steroid dienone is 1. The summed E-state index contributed by atoms with van der Waals surface area (Å²) in [4.78, 5) is 8.18. The van der Waals surface area contributed by atoms with Crippen LogP contribution in [0.1, 0.15) is 25.7 Å². The van der Waals surface area contributed by atoms with Gasteiger partial charge in [-0.05, 0) is 43.4 Å². The summed E-state index contributed by atoms with van der Waals surface area (Å²) in [6, 6.07) is 2.36. The van der Waals surface area contributed by atoms with Gasteiger partial charge < -0.3 is 5.32 Å². The second kappa shape index (κ2) is 3.95. The Labute approximate surface area is 112 Å². The summed E-state index contributed by atoms with van der Waals surface area (Å²) >= 11 is 5.90. The summed E-state index contributed by atoms with van der Waals surface area (Å²) in [6.07, 6.45) is 9.31. The van der Waals surface area contributed by atoms with Crippen LogP contribution in [0, 0.1) is 17.8 Å². The Morgan fingerprint density at radius 1 is 1.28 bits per heavy atom. The maximum atomic E-state index is 5.90. The highest BCUT2D eigenvalue weighted by Crippen LogP contribution is 2.54. The van der Waals surface area contributed by atoms with Gasteiger partial charge in [0.1, 0.15) is 17.3 Å². The van der Waals surface area contributed by atoms with E-state index in [0.717, 1.165) is 23.6 Å². The smallest absolute Gasteiger partial charge is 0.134 e. The van der Waals surface area contributed by atoms with Crippen LogP contribution in [0.5, 0.6) is 0 Å². The minimum atomic E-state index is 0.509. The first-order valence-corrected chi connectivity index (χ1v) is 7.10. The normalized spacial score (nSPS) is 36.6. The van der Waals surface area contributed by atoms with Crippen LogP contribution >= 0.6 is 11.6 Å². The SMILES string of the molecule is Clc1cc(NC2CC3=CCC4CC3C2C4)ncn1. The third-order valence-electron chi connectivity index (χ3n) is 4.84. The lowest BCUT2D eigenvalue weighted by atomic mass is 9.89. The fourth-order valence-electron chi connectivity index (χ4n) is 4.11. The highest BCUT2D eigenvalue weighted by atomic mass is 35.5. The number of halogens is 1. The molecular formula is C14H16ClN3.